The van der Waals surface area contributed by atoms with Gasteiger partial charge in [-0.05, 0) is 30.7 Å². The third-order valence-corrected chi connectivity index (χ3v) is 4.14. The maximum atomic E-state index is 10.2. The number of H-pyrrole nitrogens is 1. The van der Waals surface area contributed by atoms with Gasteiger partial charge in [-0.3, -0.25) is 5.10 Å². The highest BCUT2D eigenvalue weighted by atomic mass is 16.3. The van der Waals surface area contributed by atoms with Crippen LogP contribution < -0.4 is 0 Å². The number of aromatic nitrogens is 4. The number of hydrogen-bond donors (Lipinski definition) is 2. The Kier molecular flexibility index (Phi) is 3.38. The molecule has 1 aliphatic rings. The molecule has 2 N–H and O–H groups in total. The number of fused-ring (bicyclic) bond motifs is 1. The minimum Gasteiger partial charge on any atom is -0.388 e. The zero-order valence-corrected chi connectivity index (χ0v) is 12.1. The highest BCUT2D eigenvalue weighted by Crippen LogP contribution is 2.41. The molecule has 5 heteroatoms. The van der Waals surface area contributed by atoms with E-state index in [2.05, 4.69) is 45.9 Å². The van der Waals surface area contributed by atoms with Crippen molar-refractivity contribution in [2.75, 3.05) is 0 Å². The molecule has 0 amide bonds. The van der Waals surface area contributed by atoms with Crippen molar-refractivity contribution in [3.8, 4) is 0 Å². The number of hydrogen-bond acceptors (Lipinski definition) is 3. The number of rotatable bonds is 4. The Balaban J connectivity index is 1.69. The molecule has 0 radical (unpaired) electrons. The molecular weight excluding hydrogens is 252 g/mol. The van der Waals surface area contributed by atoms with Crippen molar-refractivity contribution in [3.05, 3.63) is 35.7 Å². The fourth-order valence-electron chi connectivity index (χ4n) is 3.17. The molecular formula is C15H22N4O. The van der Waals surface area contributed by atoms with Gasteiger partial charge in [0.15, 0.2) is 0 Å². The van der Waals surface area contributed by atoms with Crippen LogP contribution in [0.15, 0.2) is 18.6 Å². The van der Waals surface area contributed by atoms with Crippen LogP contribution in [0.25, 0.3) is 0 Å². The number of aliphatic hydroxyl groups excluding tert-OH is 1. The summed E-state index contributed by atoms with van der Waals surface area (Å²) >= 11 is 0. The Hall–Kier alpha value is -1.62. The van der Waals surface area contributed by atoms with Gasteiger partial charge >= 0.3 is 0 Å². The predicted octanol–water partition coefficient (Wildman–Crippen LogP) is 2.24. The Morgan fingerprint density at radius 2 is 2.35 bits per heavy atom. The molecule has 5 nitrogen and oxygen atoms in total. The van der Waals surface area contributed by atoms with Crippen LogP contribution in [-0.4, -0.2) is 24.9 Å². The van der Waals surface area contributed by atoms with Crippen molar-refractivity contribution in [2.24, 2.45) is 5.41 Å². The van der Waals surface area contributed by atoms with Gasteiger partial charge in [0.1, 0.15) is 12.2 Å². The summed E-state index contributed by atoms with van der Waals surface area (Å²) in [6.07, 6.45) is 7.15. The van der Waals surface area contributed by atoms with Crippen LogP contribution in [0.4, 0.5) is 0 Å². The molecule has 0 saturated heterocycles. The second-order valence-electron chi connectivity index (χ2n) is 6.51. The summed E-state index contributed by atoms with van der Waals surface area (Å²) in [6.45, 7) is 5.41. The molecule has 1 atom stereocenters. The second kappa shape index (κ2) is 5.05. The van der Waals surface area contributed by atoms with Crippen LogP contribution >= 0.6 is 0 Å². The molecule has 2 aromatic rings. The summed E-state index contributed by atoms with van der Waals surface area (Å²) in [4.78, 5) is 4.14. The molecule has 0 bridgehead atoms. The lowest BCUT2D eigenvalue weighted by Gasteiger charge is -2.34. The van der Waals surface area contributed by atoms with E-state index in [4.69, 9.17) is 0 Å². The van der Waals surface area contributed by atoms with Gasteiger partial charge in [-0.1, -0.05) is 13.8 Å². The standard InChI is InChI=1S/C15H22N4O/c1-15(2)8-12-11(13(20)9-15)5-7-19(12)6-3-4-14-16-10-17-18-14/h5,7,10,13,20H,3-4,6,8-9H2,1-2H3,(H,16,17,18). The van der Waals surface area contributed by atoms with Crippen LogP contribution in [0.5, 0.6) is 0 Å². The molecule has 0 spiro atoms. The lowest BCUT2D eigenvalue weighted by molar-refractivity contribution is 0.0979. The topological polar surface area (TPSA) is 66.7 Å². The summed E-state index contributed by atoms with van der Waals surface area (Å²) in [7, 11) is 0. The van der Waals surface area contributed by atoms with Gasteiger partial charge in [0.2, 0.25) is 0 Å². The van der Waals surface area contributed by atoms with Gasteiger partial charge in [0.05, 0.1) is 6.10 Å². The van der Waals surface area contributed by atoms with Gasteiger partial charge in [0.25, 0.3) is 0 Å². The van der Waals surface area contributed by atoms with E-state index in [1.807, 2.05) is 0 Å². The van der Waals surface area contributed by atoms with Crippen molar-refractivity contribution in [2.45, 2.75) is 52.2 Å². The first-order valence-corrected chi connectivity index (χ1v) is 7.25. The van der Waals surface area contributed by atoms with Gasteiger partial charge in [-0.25, -0.2) is 4.98 Å². The van der Waals surface area contributed by atoms with Crippen LogP contribution in [0, 0.1) is 5.41 Å². The van der Waals surface area contributed by atoms with E-state index in [9.17, 15) is 5.11 Å². The molecule has 108 valence electrons. The molecule has 0 aliphatic heterocycles. The Morgan fingerprint density at radius 1 is 1.50 bits per heavy atom. The lowest BCUT2D eigenvalue weighted by atomic mass is 9.75. The fourth-order valence-corrected chi connectivity index (χ4v) is 3.17. The second-order valence-corrected chi connectivity index (χ2v) is 6.51. The van der Waals surface area contributed by atoms with Crippen molar-refractivity contribution in [3.63, 3.8) is 0 Å². The first kappa shape index (κ1) is 13.4. The number of aromatic amines is 1. The van der Waals surface area contributed by atoms with E-state index >= 15 is 0 Å². The highest BCUT2D eigenvalue weighted by molar-refractivity contribution is 5.29. The molecule has 1 aliphatic carbocycles. The van der Waals surface area contributed by atoms with Gasteiger partial charge in [-0.15, -0.1) is 0 Å². The van der Waals surface area contributed by atoms with E-state index in [-0.39, 0.29) is 11.5 Å². The number of aliphatic hydroxyl groups is 1. The molecule has 2 heterocycles. The average molecular weight is 274 g/mol. The molecule has 20 heavy (non-hydrogen) atoms. The third kappa shape index (κ3) is 2.63. The van der Waals surface area contributed by atoms with Gasteiger partial charge < -0.3 is 9.67 Å². The van der Waals surface area contributed by atoms with Gasteiger partial charge in [0, 0.05) is 30.4 Å². The van der Waals surface area contributed by atoms with E-state index < -0.39 is 0 Å². The van der Waals surface area contributed by atoms with Crippen molar-refractivity contribution in [1.82, 2.24) is 19.7 Å². The van der Waals surface area contributed by atoms with Crippen molar-refractivity contribution >= 4 is 0 Å². The molecule has 3 rings (SSSR count). The fraction of sp³-hybridized carbons (Fsp3) is 0.600. The Bertz CT molecular complexity index is 571. The summed E-state index contributed by atoms with van der Waals surface area (Å²) in [5, 5.41) is 17.0. The predicted molar refractivity (Wildman–Crippen MR) is 76.2 cm³/mol. The quantitative estimate of drug-likeness (QED) is 0.898. The maximum absolute atomic E-state index is 10.2. The smallest absolute Gasteiger partial charge is 0.137 e. The molecule has 2 aromatic heterocycles. The number of aryl methyl sites for hydroxylation is 2. The van der Waals surface area contributed by atoms with E-state index in [1.165, 1.54) is 5.69 Å². The zero-order valence-electron chi connectivity index (χ0n) is 12.1. The first-order chi connectivity index (χ1) is 9.55. The number of nitrogens with zero attached hydrogens (tertiary/aromatic N) is 3. The summed E-state index contributed by atoms with van der Waals surface area (Å²) in [5.41, 5.74) is 2.59. The Morgan fingerprint density at radius 3 is 3.10 bits per heavy atom. The highest BCUT2D eigenvalue weighted by Gasteiger charge is 2.32. The summed E-state index contributed by atoms with van der Waals surface area (Å²) in [6, 6.07) is 2.07. The number of nitrogens with one attached hydrogen (secondary N) is 1. The Labute approximate surface area is 119 Å². The maximum Gasteiger partial charge on any atom is 0.137 e. The van der Waals surface area contributed by atoms with Crippen LogP contribution in [0.1, 0.15) is 49.9 Å². The van der Waals surface area contributed by atoms with Crippen molar-refractivity contribution < 1.29 is 5.11 Å². The monoisotopic (exact) mass is 274 g/mol. The van der Waals surface area contributed by atoms with Crippen LogP contribution in [0.2, 0.25) is 0 Å². The first-order valence-electron chi connectivity index (χ1n) is 7.25. The van der Waals surface area contributed by atoms with E-state index in [0.29, 0.717) is 0 Å². The summed E-state index contributed by atoms with van der Waals surface area (Å²) < 4.78 is 2.29. The summed E-state index contributed by atoms with van der Waals surface area (Å²) in [5.74, 6) is 0.936. The average Bonchev–Trinajstić information content (AvgIpc) is 2.98. The minimum absolute atomic E-state index is 0.174. The molecule has 0 fully saturated rings. The largest absolute Gasteiger partial charge is 0.388 e. The zero-order chi connectivity index (χ0) is 14.2. The SMILES string of the molecule is CC1(C)Cc2c(ccn2CCCc2ncn[nH]2)C(O)C1. The van der Waals surface area contributed by atoms with Crippen LogP contribution in [-0.2, 0) is 19.4 Å². The molecule has 1 unspecified atom stereocenters. The molecule has 0 aromatic carbocycles. The lowest BCUT2D eigenvalue weighted by Crippen LogP contribution is -2.26. The van der Waals surface area contributed by atoms with Crippen molar-refractivity contribution in [1.29, 1.82) is 0 Å². The molecule has 0 saturated carbocycles. The van der Waals surface area contributed by atoms with Gasteiger partial charge in [-0.2, -0.15) is 5.10 Å². The normalized spacial score (nSPS) is 20.9. The third-order valence-electron chi connectivity index (χ3n) is 4.14. The minimum atomic E-state index is -0.315. The van der Waals surface area contributed by atoms with E-state index in [1.54, 1.807) is 6.33 Å². The van der Waals surface area contributed by atoms with Crippen LogP contribution in [0.3, 0.4) is 0 Å². The van der Waals surface area contributed by atoms with E-state index in [0.717, 1.165) is 43.6 Å².